The highest BCUT2D eigenvalue weighted by molar-refractivity contribution is 6.35. The van der Waals surface area contributed by atoms with Gasteiger partial charge < -0.3 is 5.73 Å². The molecule has 52 heavy (non-hydrogen) atoms. The minimum Gasteiger partial charge on any atom is -0.324 e. The molecule has 0 aliphatic carbocycles. The number of benzene rings is 5. The topological polar surface area (TPSA) is 89.2 Å². The van der Waals surface area contributed by atoms with E-state index in [0.29, 0.717) is 60.2 Å². The van der Waals surface area contributed by atoms with E-state index >= 15 is 0 Å². The smallest absolute Gasteiger partial charge is 0.262 e. The molecule has 7 aromatic rings. The van der Waals surface area contributed by atoms with Crippen LogP contribution in [-0.4, -0.2) is 26.7 Å². The fourth-order valence-corrected chi connectivity index (χ4v) is 6.90. The Morgan fingerprint density at radius 2 is 1.04 bits per heavy atom. The van der Waals surface area contributed by atoms with Gasteiger partial charge in [0.2, 0.25) is 0 Å². The van der Waals surface area contributed by atoms with E-state index in [4.69, 9.17) is 33.9 Å². The number of carbonyl (C=O) groups is 2. The summed E-state index contributed by atoms with van der Waals surface area (Å²) in [6.07, 6.45) is 0. The Balaban J connectivity index is 0.000000175. The summed E-state index contributed by atoms with van der Waals surface area (Å²) in [7, 11) is 0. The zero-order valence-electron chi connectivity index (χ0n) is 27.9. The Morgan fingerprint density at radius 1 is 0.596 bits per heavy atom. The molecule has 2 amide bonds. The highest BCUT2D eigenvalue weighted by Gasteiger charge is 2.39. The van der Waals surface area contributed by atoms with E-state index in [1.165, 1.54) is 29.2 Å². The first-order valence-electron chi connectivity index (χ1n) is 16.4. The van der Waals surface area contributed by atoms with Crippen molar-refractivity contribution in [2.24, 2.45) is 5.73 Å². The summed E-state index contributed by atoms with van der Waals surface area (Å²) in [6.45, 7) is 3.65. The number of rotatable bonds is 5. The lowest BCUT2D eigenvalue weighted by molar-refractivity contribution is 0.0595. The van der Waals surface area contributed by atoms with Gasteiger partial charge in [-0.15, -0.1) is 0 Å². The first-order valence-corrected chi connectivity index (χ1v) is 17.2. The number of imide groups is 1. The van der Waals surface area contributed by atoms with Gasteiger partial charge in [-0.25, -0.2) is 18.7 Å². The van der Waals surface area contributed by atoms with Crippen LogP contribution in [0.25, 0.3) is 44.3 Å². The molecule has 2 atom stereocenters. The van der Waals surface area contributed by atoms with E-state index in [2.05, 4.69) is 4.98 Å². The van der Waals surface area contributed by atoms with Crippen molar-refractivity contribution >= 4 is 56.8 Å². The highest BCUT2D eigenvalue weighted by atomic mass is 35.5. The number of fused-ring (bicyclic) bond motifs is 3. The molecular formula is C42H30Cl2F2N4O2. The van der Waals surface area contributed by atoms with E-state index in [9.17, 15) is 18.4 Å². The first-order chi connectivity index (χ1) is 25.0. The summed E-state index contributed by atoms with van der Waals surface area (Å²) >= 11 is 12.6. The summed E-state index contributed by atoms with van der Waals surface area (Å²) < 4.78 is 27.5. The van der Waals surface area contributed by atoms with E-state index in [1.54, 1.807) is 61.5 Å². The van der Waals surface area contributed by atoms with Gasteiger partial charge in [0.1, 0.15) is 11.6 Å². The van der Waals surface area contributed by atoms with Gasteiger partial charge in [-0.3, -0.25) is 14.5 Å². The maximum Gasteiger partial charge on any atom is 0.262 e. The largest absolute Gasteiger partial charge is 0.324 e. The lowest BCUT2D eigenvalue weighted by Crippen LogP contribution is -2.33. The fourth-order valence-electron chi connectivity index (χ4n) is 6.45. The van der Waals surface area contributed by atoms with Crippen LogP contribution in [0.4, 0.5) is 8.78 Å². The molecule has 2 unspecified atom stereocenters. The van der Waals surface area contributed by atoms with Gasteiger partial charge in [-0.2, -0.15) is 0 Å². The van der Waals surface area contributed by atoms with Crippen LogP contribution < -0.4 is 5.73 Å². The molecule has 0 fully saturated rings. The van der Waals surface area contributed by atoms with Gasteiger partial charge in [0.15, 0.2) is 0 Å². The number of pyridine rings is 2. The molecule has 2 N–H and O–H groups in total. The maximum atomic E-state index is 14.0. The molecule has 6 nitrogen and oxygen atoms in total. The van der Waals surface area contributed by atoms with Gasteiger partial charge in [-0.1, -0.05) is 71.7 Å². The first kappa shape index (κ1) is 34.9. The Kier molecular flexibility index (Phi) is 9.55. The number of hydrogen-bond donors (Lipinski definition) is 1. The van der Waals surface area contributed by atoms with E-state index < -0.39 is 11.9 Å². The number of aromatic nitrogens is 2. The quantitative estimate of drug-likeness (QED) is 0.178. The van der Waals surface area contributed by atoms with E-state index in [-0.39, 0.29) is 23.7 Å². The second-order valence-corrected chi connectivity index (χ2v) is 13.3. The Morgan fingerprint density at radius 3 is 1.50 bits per heavy atom. The third kappa shape index (κ3) is 6.52. The fraction of sp³-hybridized carbons (Fsp3) is 0.0952. The number of hydrogen-bond acceptors (Lipinski definition) is 5. The number of nitrogens with zero attached hydrogens (tertiary/aromatic N) is 3. The molecule has 1 aliphatic rings. The lowest BCUT2D eigenvalue weighted by atomic mass is 9.97. The molecule has 3 heterocycles. The third-order valence-corrected chi connectivity index (χ3v) is 9.68. The number of halogens is 4. The van der Waals surface area contributed by atoms with E-state index in [1.807, 2.05) is 49.4 Å². The summed E-state index contributed by atoms with van der Waals surface area (Å²) in [4.78, 5) is 36.7. The predicted molar refractivity (Wildman–Crippen MR) is 202 cm³/mol. The molecule has 0 bridgehead atoms. The molecule has 258 valence electrons. The molecule has 0 saturated carbocycles. The van der Waals surface area contributed by atoms with Crippen LogP contribution in [0.2, 0.25) is 10.0 Å². The second kappa shape index (κ2) is 14.2. The van der Waals surface area contributed by atoms with Crippen LogP contribution >= 0.6 is 23.2 Å². The van der Waals surface area contributed by atoms with Crippen molar-refractivity contribution in [1.82, 2.24) is 14.9 Å². The van der Waals surface area contributed by atoms with Crippen LogP contribution in [0.1, 0.15) is 57.8 Å². The zero-order chi connectivity index (χ0) is 36.7. The van der Waals surface area contributed by atoms with Gasteiger partial charge in [0.25, 0.3) is 11.8 Å². The van der Waals surface area contributed by atoms with Crippen molar-refractivity contribution in [3.8, 4) is 22.5 Å². The van der Waals surface area contributed by atoms with Crippen molar-refractivity contribution in [2.45, 2.75) is 25.9 Å². The Bertz CT molecular complexity index is 2510. The van der Waals surface area contributed by atoms with Gasteiger partial charge in [-0.05, 0) is 92.2 Å². The average Bonchev–Trinajstić information content (AvgIpc) is 3.39. The molecular weight excluding hydrogens is 701 g/mol. The third-order valence-electron chi connectivity index (χ3n) is 9.02. The predicted octanol–water partition coefficient (Wildman–Crippen LogP) is 10.8. The Hall–Kier alpha value is -5.54. The average molecular weight is 732 g/mol. The zero-order valence-corrected chi connectivity index (χ0v) is 29.5. The SMILES string of the molecule is CC(N)c1cc2c(Cl)cccc2nc1-c1cccc(F)c1.CC(c1cc2c(Cl)cccc2nc1-c1cccc(F)c1)N1C(=O)c2ccccc2C1=O. The number of nitrogens with two attached hydrogens (primary N) is 1. The molecule has 5 aromatic carbocycles. The standard InChI is InChI=1S/C25H16ClFN2O2.C17H14ClFN2/c1-14(29-24(30)17-8-2-3-9-18(17)25(29)31)19-13-20-21(26)10-5-11-22(20)28-23(19)15-6-4-7-16(27)12-15;1-10(20)13-9-14-15(18)6-3-7-16(14)21-17(13)11-4-2-5-12(19)8-11/h2-14H,1H3;2-10H,20H2,1H3. The van der Waals surface area contributed by atoms with Crippen molar-refractivity contribution in [3.05, 3.63) is 165 Å². The van der Waals surface area contributed by atoms with Crippen LogP contribution in [0.5, 0.6) is 0 Å². The highest BCUT2D eigenvalue weighted by Crippen LogP contribution is 2.38. The maximum absolute atomic E-state index is 14.0. The van der Waals surface area contributed by atoms with Gasteiger partial charge >= 0.3 is 0 Å². The second-order valence-electron chi connectivity index (χ2n) is 12.5. The van der Waals surface area contributed by atoms with E-state index in [0.717, 1.165) is 16.5 Å². The lowest BCUT2D eigenvalue weighted by Gasteiger charge is -2.25. The van der Waals surface area contributed by atoms with Crippen molar-refractivity contribution < 1.29 is 18.4 Å². The summed E-state index contributed by atoms with van der Waals surface area (Å²) in [6, 6.07) is 33.0. The molecule has 0 saturated heterocycles. The number of amides is 2. The van der Waals surface area contributed by atoms with Gasteiger partial charge in [0, 0.05) is 43.5 Å². The number of carbonyl (C=O) groups excluding carboxylic acids is 2. The van der Waals surface area contributed by atoms with Crippen molar-refractivity contribution in [2.75, 3.05) is 0 Å². The minimum absolute atomic E-state index is 0.226. The minimum atomic E-state index is -0.640. The van der Waals surface area contributed by atoms with Crippen LogP contribution in [0.15, 0.2) is 121 Å². The molecule has 8 rings (SSSR count). The molecule has 0 spiro atoms. The monoisotopic (exact) mass is 730 g/mol. The normalized spacial score (nSPS) is 13.6. The van der Waals surface area contributed by atoms with Crippen molar-refractivity contribution in [3.63, 3.8) is 0 Å². The molecule has 10 heteroatoms. The van der Waals surface area contributed by atoms with Crippen LogP contribution in [-0.2, 0) is 0 Å². The molecule has 0 radical (unpaired) electrons. The summed E-state index contributed by atoms with van der Waals surface area (Å²) in [5.74, 6) is -1.42. The van der Waals surface area contributed by atoms with Crippen molar-refractivity contribution in [1.29, 1.82) is 0 Å². The summed E-state index contributed by atoms with van der Waals surface area (Å²) in [5.41, 5.74) is 12.1. The van der Waals surface area contributed by atoms with Crippen LogP contribution in [0.3, 0.4) is 0 Å². The molecule has 1 aliphatic heterocycles. The molecule has 2 aromatic heterocycles. The van der Waals surface area contributed by atoms with Gasteiger partial charge in [0.05, 0.1) is 39.6 Å². The van der Waals surface area contributed by atoms with Crippen LogP contribution in [0, 0.1) is 11.6 Å². The summed E-state index contributed by atoms with van der Waals surface area (Å²) in [5, 5.41) is 2.69. The Labute approximate surface area is 308 Å².